The Balaban J connectivity index is 0.00000312. The third-order valence-corrected chi connectivity index (χ3v) is 4.35. The van der Waals surface area contributed by atoms with Crippen LogP contribution in [0.3, 0.4) is 0 Å². The van der Waals surface area contributed by atoms with Crippen molar-refractivity contribution in [2.45, 2.75) is 26.4 Å². The highest BCUT2D eigenvalue weighted by atomic mass is 35.5. The van der Waals surface area contributed by atoms with Crippen LogP contribution < -0.4 is 11.1 Å². The van der Waals surface area contributed by atoms with E-state index in [0.29, 0.717) is 59.0 Å². The summed E-state index contributed by atoms with van der Waals surface area (Å²) in [6.45, 7) is 5.79. The van der Waals surface area contributed by atoms with Crippen molar-refractivity contribution in [2.24, 2.45) is 11.1 Å². The van der Waals surface area contributed by atoms with Crippen LogP contribution in [-0.2, 0) is 25.6 Å². The van der Waals surface area contributed by atoms with Gasteiger partial charge in [0, 0.05) is 32.1 Å². The van der Waals surface area contributed by atoms with E-state index in [1.54, 1.807) is 0 Å². The zero-order chi connectivity index (χ0) is 17.3. The van der Waals surface area contributed by atoms with Gasteiger partial charge in [-0.15, -0.1) is 12.4 Å². The fourth-order valence-corrected chi connectivity index (χ4v) is 2.74. The van der Waals surface area contributed by atoms with E-state index in [2.05, 4.69) is 5.32 Å². The maximum absolute atomic E-state index is 12.7. The summed E-state index contributed by atoms with van der Waals surface area (Å²) < 4.78 is 16.2. The van der Waals surface area contributed by atoms with Crippen molar-refractivity contribution >= 4 is 24.0 Å². The second-order valence-corrected chi connectivity index (χ2v) is 6.00. The van der Waals surface area contributed by atoms with Crippen LogP contribution in [0.2, 0.25) is 0 Å². The van der Waals surface area contributed by atoms with Crippen molar-refractivity contribution in [3.8, 4) is 0 Å². The molecule has 0 aliphatic carbocycles. The fraction of sp³-hybridized carbons (Fsp3) is 0.611. The molecule has 1 aliphatic heterocycles. The first kappa shape index (κ1) is 21.9. The molecule has 0 saturated carbocycles. The minimum Gasteiger partial charge on any atom is -0.381 e. The topological polar surface area (TPSA) is 82.8 Å². The monoisotopic (exact) mass is 372 g/mol. The molecule has 25 heavy (non-hydrogen) atoms. The Morgan fingerprint density at radius 2 is 2.00 bits per heavy atom. The van der Waals surface area contributed by atoms with Crippen LogP contribution in [0.25, 0.3) is 0 Å². The Morgan fingerprint density at radius 3 is 2.68 bits per heavy atom. The molecule has 1 heterocycles. The molecule has 1 aromatic carbocycles. The molecule has 1 saturated heterocycles. The molecule has 0 bridgehead atoms. The number of rotatable bonds is 9. The van der Waals surface area contributed by atoms with Gasteiger partial charge in [0.1, 0.15) is 0 Å². The number of carbonyl (C=O) groups is 1. The number of benzene rings is 1. The molecule has 2 rings (SSSR count). The van der Waals surface area contributed by atoms with Crippen LogP contribution in [0.1, 0.15) is 25.3 Å². The fourth-order valence-electron chi connectivity index (χ4n) is 2.74. The first-order chi connectivity index (χ1) is 11.7. The number of hydrogen-bond donors (Lipinski definition) is 2. The second kappa shape index (κ2) is 11.4. The molecule has 6 nitrogen and oxygen atoms in total. The van der Waals surface area contributed by atoms with Crippen LogP contribution in [0, 0.1) is 5.41 Å². The number of amides is 1. The van der Waals surface area contributed by atoms with E-state index in [0.717, 1.165) is 11.3 Å². The zero-order valence-corrected chi connectivity index (χ0v) is 15.6. The number of hydrogen-bond acceptors (Lipinski definition) is 5. The van der Waals surface area contributed by atoms with Crippen LogP contribution >= 0.6 is 12.4 Å². The molecule has 0 spiro atoms. The van der Waals surface area contributed by atoms with Gasteiger partial charge in [0.2, 0.25) is 5.91 Å². The van der Waals surface area contributed by atoms with Gasteiger partial charge >= 0.3 is 0 Å². The Morgan fingerprint density at radius 1 is 1.28 bits per heavy atom. The number of carbonyl (C=O) groups excluding carboxylic acids is 1. The Labute approximate surface area is 155 Å². The number of anilines is 1. The highest BCUT2D eigenvalue weighted by Crippen LogP contribution is 2.31. The largest absolute Gasteiger partial charge is 0.381 e. The third-order valence-electron chi connectivity index (χ3n) is 4.35. The van der Waals surface area contributed by atoms with Gasteiger partial charge in [-0.3, -0.25) is 4.79 Å². The van der Waals surface area contributed by atoms with Crippen molar-refractivity contribution in [3.05, 3.63) is 29.8 Å². The maximum Gasteiger partial charge on any atom is 0.232 e. The number of ether oxygens (including phenoxy) is 3. The van der Waals surface area contributed by atoms with Gasteiger partial charge in [0.15, 0.2) is 0 Å². The standard InChI is InChI=1S/C18H28N2O4.ClH/c1-2-22-10-11-24-13-15-4-3-5-16(12-15)20-17(21)18(14-19)6-8-23-9-7-18;/h3-5,12H,2,6-11,13-14,19H2,1H3,(H,20,21);1H. The van der Waals surface area contributed by atoms with E-state index in [-0.39, 0.29) is 18.3 Å². The van der Waals surface area contributed by atoms with Crippen molar-refractivity contribution in [3.63, 3.8) is 0 Å². The lowest BCUT2D eigenvalue weighted by atomic mass is 9.79. The van der Waals surface area contributed by atoms with Crippen molar-refractivity contribution in [2.75, 3.05) is 44.9 Å². The summed E-state index contributed by atoms with van der Waals surface area (Å²) in [4.78, 5) is 12.7. The predicted molar refractivity (Wildman–Crippen MR) is 100 cm³/mol. The van der Waals surface area contributed by atoms with E-state index in [1.165, 1.54) is 0 Å². The van der Waals surface area contributed by atoms with Crippen LogP contribution in [0.15, 0.2) is 24.3 Å². The molecule has 1 amide bonds. The molecule has 7 heteroatoms. The van der Waals surface area contributed by atoms with E-state index < -0.39 is 5.41 Å². The van der Waals surface area contributed by atoms with Crippen LogP contribution in [0.4, 0.5) is 5.69 Å². The van der Waals surface area contributed by atoms with Gasteiger partial charge in [-0.2, -0.15) is 0 Å². The second-order valence-electron chi connectivity index (χ2n) is 6.00. The lowest BCUT2D eigenvalue weighted by molar-refractivity contribution is -0.130. The quantitative estimate of drug-likeness (QED) is 0.650. The first-order valence-corrected chi connectivity index (χ1v) is 8.54. The maximum atomic E-state index is 12.7. The molecular formula is C18H29ClN2O4. The predicted octanol–water partition coefficient (Wildman–Crippen LogP) is 2.36. The molecule has 1 aliphatic rings. The SMILES string of the molecule is CCOCCOCc1cccc(NC(=O)C2(CN)CCOCC2)c1.Cl. The van der Waals surface area contributed by atoms with Crippen LogP contribution in [-0.4, -0.2) is 45.5 Å². The molecule has 0 atom stereocenters. The minimum atomic E-state index is -0.526. The summed E-state index contributed by atoms with van der Waals surface area (Å²) >= 11 is 0. The zero-order valence-electron chi connectivity index (χ0n) is 14.8. The molecule has 1 fully saturated rings. The molecule has 0 unspecified atom stereocenters. The number of nitrogens with one attached hydrogen (secondary N) is 1. The van der Waals surface area contributed by atoms with Gasteiger partial charge in [0.05, 0.1) is 25.2 Å². The Hall–Kier alpha value is -1.18. The van der Waals surface area contributed by atoms with Gasteiger partial charge in [0.25, 0.3) is 0 Å². The first-order valence-electron chi connectivity index (χ1n) is 8.54. The lowest BCUT2D eigenvalue weighted by Crippen LogP contribution is -2.46. The summed E-state index contributed by atoms with van der Waals surface area (Å²) in [5.74, 6) is -0.0253. The average molecular weight is 373 g/mol. The van der Waals surface area contributed by atoms with Crippen molar-refractivity contribution in [1.82, 2.24) is 0 Å². The van der Waals surface area contributed by atoms with E-state index >= 15 is 0 Å². The summed E-state index contributed by atoms with van der Waals surface area (Å²) in [6, 6.07) is 7.70. The highest BCUT2D eigenvalue weighted by Gasteiger charge is 2.38. The molecule has 3 N–H and O–H groups in total. The summed E-state index contributed by atoms with van der Waals surface area (Å²) in [5.41, 5.74) is 7.14. The van der Waals surface area contributed by atoms with Crippen molar-refractivity contribution in [1.29, 1.82) is 0 Å². The normalized spacial score (nSPS) is 16.1. The molecule has 142 valence electrons. The molecule has 0 radical (unpaired) electrons. The minimum absolute atomic E-state index is 0. The third kappa shape index (κ3) is 6.56. The Kier molecular flexibility index (Phi) is 10.0. The summed E-state index contributed by atoms with van der Waals surface area (Å²) in [7, 11) is 0. The van der Waals surface area contributed by atoms with Crippen molar-refractivity contribution < 1.29 is 19.0 Å². The Bertz CT molecular complexity index is 522. The van der Waals surface area contributed by atoms with Gasteiger partial charge in [-0.05, 0) is 37.5 Å². The lowest BCUT2D eigenvalue weighted by Gasteiger charge is -2.34. The average Bonchev–Trinajstić information content (AvgIpc) is 2.62. The van der Waals surface area contributed by atoms with Gasteiger partial charge < -0.3 is 25.3 Å². The van der Waals surface area contributed by atoms with E-state index in [9.17, 15) is 4.79 Å². The molecule has 1 aromatic rings. The van der Waals surface area contributed by atoms with Gasteiger partial charge in [-0.25, -0.2) is 0 Å². The number of nitrogens with two attached hydrogens (primary N) is 1. The van der Waals surface area contributed by atoms with E-state index in [4.69, 9.17) is 19.9 Å². The van der Waals surface area contributed by atoms with Gasteiger partial charge in [-0.1, -0.05) is 12.1 Å². The highest BCUT2D eigenvalue weighted by molar-refractivity contribution is 5.95. The summed E-state index contributed by atoms with van der Waals surface area (Å²) in [5, 5.41) is 3.00. The van der Waals surface area contributed by atoms with Crippen LogP contribution in [0.5, 0.6) is 0 Å². The molecular weight excluding hydrogens is 344 g/mol. The number of halogens is 1. The van der Waals surface area contributed by atoms with E-state index in [1.807, 2.05) is 31.2 Å². The summed E-state index contributed by atoms with van der Waals surface area (Å²) in [6.07, 6.45) is 1.32. The smallest absolute Gasteiger partial charge is 0.232 e. The molecule has 0 aromatic heterocycles.